The molecule has 0 radical (unpaired) electrons. The number of esters is 1. The molecule has 11 heteroatoms. The Hall–Kier alpha value is -3.37. The molecule has 0 unspecified atom stereocenters. The molecule has 0 aliphatic carbocycles. The predicted octanol–water partition coefficient (Wildman–Crippen LogP) is 2.89. The van der Waals surface area contributed by atoms with E-state index < -0.39 is 23.4 Å². The standard InChI is InChI=1S/C20H20ClN3O7/c1-29-18-5-3-14(21)11-15(18)22-19(25)12-31-20(26)13-2-4-16(17(10-13)24(27)28)23-6-8-30-9-7-23/h2-5,10-11H,6-9,12H2,1H3,(H,22,25). The largest absolute Gasteiger partial charge is 0.495 e. The molecular weight excluding hydrogens is 430 g/mol. The maximum absolute atomic E-state index is 12.3. The molecule has 1 saturated heterocycles. The van der Waals surface area contributed by atoms with Crippen molar-refractivity contribution < 1.29 is 28.7 Å². The Balaban J connectivity index is 1.66. The molecule has 3 rings (SSSR count). The summed E-state index contributed by atoms with van der Waals surface area (Å²) in [4.78, 5) is 37.3. The molecule has 0 saturated carbocycles. The van der Waals surface area contributed by atoms with E-state index in [1.807, 2.05) is 4.90 Å². The van der Waals surface area contributed by atoms with Crippen molar-refractivity contribution >= 4 is 40.5 Å². The summed E-state index contributed by atoms with van der Waals surface area (Å²) < 4.78 is 15.4. The Kier molecular flexibility index (Phi) is 7.27. The minimum Gasteiger partial charge on any atom is -0.495 e. The summed E-state index contributed by atoms with van der Waals surface area (Å²) in [5.74, 6) is -1.09. The quantitative estimate of drug-likeness (QED) is 0.389. The summed E-state index contributed by atoms with van der Waals surface area (Å²) in [7, 11) is 1.44. The zero-order valence-corrected chi connectivity index (χ0v) is 17.4. The third kappa shape index (κ3) is 5.62. The fourth-order valence-electron chi connectivity index (χ4n) is 3.05. The summed E-state index contributed by atoms with van der Waals surface area (Å²) in [6.45, 7) is 1.37. The fourth-order valence-corrected chi connectivity index (χ4v) is 3.22. The molecule has 0 atom stereocenters. The second-order valence-corrected chi connectivity index (χ2v) is 6.97. The number of benzene rings is 2. The maximum atomic E-state index is 12.3. The number of methoxy groups -OCH3 is 1. The Bertz CT molecular complexity index is 993. The Morgan fingerprint density at radius 3 is 2.65 bits per heavy atom. The Morgan fingerprint density at radius 1 is 1.23 bits per heavy atom. The summed E-state index contributed by atoms with van der Waals surface area (Å²) in [6.07, 6.45) is 0. The summed E-state index contributed by atoms with van der Waals surface area (Å²) in [5.41, 5.74) is 0.471. The molecule has 1 heterocycles. The van der Waals surface area contributed by atoms with Crippen LogP contribution in [-0.2, 0) is 14.3 Å². The number of hydrogen-bond acceptors (Lipinski definition) is 8. The van der Waals surface area contributed by atoms with Crippen molar-refractivity contribution in [2.24, 2.45) is 0 Å². The van der Waals surface area contributed by atoms with Gasteiger partial charge in [-0.05, 0) is 30.3 Å². The number of nitro benzene ring substituents is 1. The van der Waals surface area contributed by atoms with E-state index in [-0.39, 0.29) is 11.3 Å². The van der Waals surface area contributed by atoms with Crippen molar-refractivity contribution in [3.05, 3.63) is 57.1 Å². The van der Waals surface area contributed by atoms with Gasteiger partial charge in [0.1, 0.15) is 11.4 Å². The van der Waals surface area contributed by atoms with E-state index in [2.05, 4.69) is 5.32 Å². The van der Waals surface area contributed by atoms with Gasteiger partial charge in [0.05, 0.1) is 36.5 Å². The third-order valence-corrected chi connectivity index (χ3v) is 4.76. The topological polar surface area (TPSA) is 120 Å². The smallest absolute Gasteiger partial charge is 0.338 e. The van der Waals surface area contributed by atoms with Gasteiger partial charge in [0, 0.05) is 24.2 Å². The van der Waals surface area contributed by atoms with Crippen molar-refractivity contribution in [3.63, 3.8) is 0 Å². The Labute approximate surface area is 182 Å². The number of nitrogens with zero attached hydrogens (tertiary/aromatic N) is 2. The van der Waals surface area contributed by atoms with E-state index in [0.717, 1.165) is 6.07 Å². The van der Waals surface area contributed by atoms with Gasteiger partial charge in [-0.3, -0.25) is 14.9 Å². The van der Waals surface area contributed by atoms with Crippen LogP contribution in [-0.4, -0.2) is 56.8 Å². The predicted molar refractivity (Wildman–Crippen MR) is 113 cm³/mol. The molecule has 1 fully saturated rings. The molecular formula is C20H20ClN3O7. The van der Waals surface area contributed by atoms with Crippen LogP contribution in [0, 0.1) is 10.1 Å². The van der Waals surface area contributed by atoms with Crippen LogP contribution in [0.5, 0.6) is 5.75 Å². The lowest BCUT2D eigenvalue weighted by Gasteiger charge is -2.28. The third-order valence-electron chi connectivity index (χ3n) is 4.53. The molecule has 2 aromatic rings. The molecule has 0 spiro atoms. The van der Waals surface area contributed by atoms with Crippen molar-refractivity contribution in [2.75, 3.05) is 50.2 Å². The first-order valence-electron chi connectivity index (χ1n) is 9.30. The van der Waals surface area contributed by atoms with Crippen molar-refractivity contribution in [1.82, 2.24) is 0 Å². The van der Waals surface area contributed by atoms with E-state index in [1.165, 1.54) is 25.3 Å². The van der Waals surface area contributed by atoms with Gasteiger partial charge in [0.2, 0.25) is 0 Å². The van der Waals surface area contributed by atoms with Crippen molar-refractivity contribution in [3.8, 4) is 5.75 Å². The summed E-state index contributed by atoms with van der Waals surface area (Å²) in [6, 6.07) is 8.75. The van der Waals surface area contributed by atoms with E-state index in [0.29, 0.717) is 48.5 Å². The highest BCUT2D eigenvalue weighted by atomic mass is 35.5. The van der Waals surface area contributed by atoms with Crippen molar-refractivity contribution in [1.29, 1.82) is 0 Å². The van der Waals surface area contributed by atoms with Crippen LogP contribution in [0.3, 0.4) is 0 Å². The average Bonchev–Trinajstić information content (AvgIpc) is 2.77. The van der Waals surface area contributed by atoms with Gasteiger partial charge in [0.25, 0.3) is 11.6 Å². The monoisotopic (exact) mass is 449 g/mol. The molecule has 164 valence electrons. The molecule has 0 aromatic heterocycles. The van der Waals surface area contributed by atoms with Crippen LogP contribution in [0.4, 0.5) is 17.1 Å². The number of halogens is 1. The zero-order chi connectivity index (χ0) is 22.4. The van der Waals surface area contributed by atoms with Gasteiger partial charge in [-0.1, -0.05) is 11.6 Å². The lowest BCUT2D eigenvalue weighted by Crippen LogP contribution is -2.36. The molecule has 1 aliphatic rings. The van der Waals surface area contributed by atoms with Crippen LogP contribution < -0.4 is 15.0 Å². The van der Waals surface area contributed by atoms with E-state index in [9.17, 15) is 19.7 Å². The molecule has 1 amide bonds. The molecule has 0 bridgehead atoms. The number of nitro groups is 1. The first kappa shape index (κ1) is 22.3. The average molecular weight is 450 g/mol. The van der Waals surface area contributed by atoms with Gasteiger partial charge in [-0.2, -0.15) is 0 Å². The lowest BCUT2D eigenvalue weighted by atomic mass is 10.1. The number of morpholine rings is 1. The van der Waals surface area contributed by atoms with Crippen LogP contribution in [0.2, 0.25) is 5.02 Å². The van der Waals surface area contributed by atoms with Gasteiger partial charge in [-0.15, -0.1) is 0 Å². The number of carbonyl (C=O) groups is 2. The second-order valence-electron chi connectivity index (χ2n) is 6.53. The number of anilines is 2. The maximum Gasteiger partial charge on any atom is 0.338 e. The molecule has 2 aromatic carbocycles. The first-order valence-corrected chi connectivity index (χ1v) is 9.68. The number of rotatable bonds is 7. The number of carbonyl (C=O) groups excluding carboxylic acids is 2. The van der Waals surface area contributed by atoms with E-state index in [4.69, 9.17) is 25.8 Å². The minimum absolute atomic E-state index is 0.0307. The fraction of sp³-hybridized carbons (Fsp3) is 0.300. The highest BCUT2D eigenvalue weighted by Gasteiger charge is 2.24. The molecule has 31 heavy (non-hydrogen) atoms. The molecule has 1 N–H and O–H groups in total. The SMILES string of the molecule is COc1ccc(Cl)cc1NC(=O)COC(=O)c1ccc(N2CCOCC2)c([N+](=O)[O-])c1. The lowest BCUT2D eigenvalue weighted by molar-refractivity contribution is -0.384. The van der Waals surface area contributed by atoms with Crippen LogP contribution in [0.25, 0.3) is 0 Å². The first-order chi connectivity index (χ1) is 14.9. The molecule has 1 aliphatic heterocycles. The number of amides is 1. The number of hydrogen-bond donors (Lipinski definition) is 1. The highest BCUT2D eigenvalue weighted by molar-refractivity contribution is 6.31. The number of nitrogens with one attached hydrogen (secondary N) is 1. The van der Waals surface area contributed by atoms with Crippen LogP contribution in [0.1, 0.15) is 10.4 Å². The summed E-state index contributed by atoms with van der Waals surface area (Å²) >= 11 is 5.92. The highest BCUT2D eigenvalue weighted by Crippen LogP contribution is 2.30. The number of ether oxygens (including phenoxy) is 3. The van der Waals surface area contributed by atoms with Gasteiger partial charge >= 0.3 is 5.97 Å². The second kappa shape index (κ2) is 10.1. The van der Waals surface area contributed by atoms with Gasteiger partial charge < -0.3 is 24.4 Å². The van der Waals surface area contributed by atoms with E-state index in [1.54, 1.807) is 12.1 Å². The van der Waals surface area contributed by atoms with Crippen molar-refractivity contribution in [2.45, 2.75) is 0 Å². The summed E-state index contributed by atoms with van der Waals surface area (Å²) in [5, 5.41) is 14.4. The molecule has 10 nitrogen and oxygen atoms in total. The Morgan fingerprint density at radius 2 is 1.97 bits per heavy atom. The normalized spacial score (nSPS) is 13.4. The van der Waals surface area contributed by atoms with Gasteiger partial charge in [-0.25, -0.2) is 4.79 Å². The van der Waals surface area contributed by atoms with E-state index >= 15 is 0 Å². The van der Waals surface area contributed by atoms with Crippen LogP contribution >= 0.6 is 11.6 Å². The van der Waals surface area contributed by atoms with Crippen LogP contribution in [0.15, 0.2) is 36.4 Å². The van der Waals surface area contributed by atoms with Gasteiger partial charge in [0.15, 0.2) is 6.61 Å². The minimum atomic E-state index is -0.857. The zero-order valence-electron chi connectivity index (χ0n) is 16.6.